The SMILES string of the molecule is COC(=O)/C=C\C(C)OCc1ccccc1. The first-order valence-corrected chi connectivity index (χ1v) is 5.14. The highest BCUT2D eigenvalue weighted by molar-refractivity contribution is 5.81. The highest BCUT2D eigenvalue weighted by Gasteiger charge is 1.99. The van der Waals surface area contributed by atoms with E-state index in [4.69, 9.17) is 4.74 Å². The molecule has 1 atom stereocenters. The molecule has 0 saturated carbocycles. The van der Waals surface area contributed by atoms with Gasteiger partial charge in [-0.25, -0.2) is 4.79 Å². The lowest BCUT2D eigenvalue weighted by atomic mass is 10.2. The van der Waals surface area contributed by atoms with Crippen LogP contribution in [0.2, 0.25) is 0 Å². The molecule has 0 bridgehead atoms. The molecule has 1 aromatic rings. The molecular formula is C13H16O3. The van der Waals surface area contributed by atoms with Crippen molar-refractivity contribution < 1.29 is 14.3 Å². The molecule has 0 radical (unpaired) electrons. The van der Waals surface area contributed by atoms with Crippen molar-refractivity contribution in [2.24, 2.45) is 0 Å². The summed E-state index contributed by atoms with van der Waals surface area (Å²) in [6, 6.07) is 9.89. The summed E-state index contributed by atoms with van der Waals surface area (Å²) in [5.74, 6) is -0.366. The molecule has 3 heteroatoms. The van der Waals surface area contributed by atoms with Crippen molar-refractivity contribution in [1.82, 2.24) is 0 Å². The highest BCUT2D eigenvalue weighted by Crippen LogP contribution is 2.03. The number of hydrogen-bond acceptors (Lipinski definition) is 3. The number of esters is 1. The van der Waals surface area contributed by atoms with E-state index in [0.717, 1.165) is 5.56 Å². The van der Waals surface area contributed by atoms with Gasteiger partial charge < -0.3 is 9.47 Å². The van der Waals surface area contributed by atoms with Crippen molar-refractivity contribution in [3.63, 3.8) is 0 Å². The number of methoxy groups -OCH3 is 1. The van der Waals surface area contributed by atoms with Crippen molar-refractivity contribution in [1.29, 1.82) is 0 Å². The van der Waals surface area contributed by atoms with Gasteiger partial charge in [0.2, 0.25) is 0 Å². The number of benzene rings is 1. The largest absolute Gasteiger partial charge is 0.466 e. The third-order valence-electron chi connectivity index (χ3n) is 2.06. The van der Waals surface area contributed by atoms with Crippen molar-refractivity contribution in [2.45, 2.75) is 19.6 Å². The molecule has 1 rings (SSSR count). The fraction of sp³-hybridized carbons (Fsp3) is 0.308. The minimum atomic E-state index is -0.366. The van der Waals surface area contributed by atoms with Gasteiger partial charge in [0, 0.05) is 6.08 Å². The van der Waals surface area contributed by atoms with E-state index in [1.54, 1.807) is 6.08 Å². The summed E-state index contributed by atoms with van der Waals surface area (Å²) in [7, 11) is 1.35. The van der Waals surface area contributed by atoms with Gasteiger partial charge in [-0.05, 0) is 18.6 Å². The molecule has 0 aliphatic rings. The molecule has 1 unspecified atom stereocenters. The number of ether oxygens (including phenoxy) is 2. The summed E-state index contributed by atoms with van der Waals surface area (Å²) in [4.78, 5) is 10.8. The van der Waals surface area contributed by atoms with Crippen LogP contribution in [0, 0.1) is 0 Å². The number of carbonyl (C=O) groups excluding carboxylic acids is 1. The van der Waals surface area contributed by atoms with E-state index in [1.807, 2.05) is 37.3 Å². The zero-order valence-electron chi connectivity index (χ0n) is 9.55. The molecular weight excluding hydrogens is 204 g/mol. The minimum Gasteiger partial charge on any atom is -0.466 e. The van der Waals surface area contributed by atoms with Gasteiger partial charge in [0.15, 0.2) is 0 Å². The Morgan fingerprint density at radius 3 is 2.69 bits per heavy atom. The van der Waals surface area contributed by atoms with E-state index in [9.17, 15) is 4.79 Å². The lowest BCUT2D eigenvalue weighted by molar-refractivity contribution is -0.134. The fourth-order valence-electron chi connectivity index (χ4n) is 1.14. The number of carbonyl (C=O) groups is 1. The van der Waals surface area contributed by atoms with Gasteiger partial charge in [-0.2, -0.15) is 0 Å². The monoisotopic (exact) mass is 220 g/mol. The fourth-order valence-corrected chi connectivity index (χ4v) is 1.14. The molecule has 86 valence electrons. The maximum atomic E-state index is 10.8. The predicted octanol–water partition coefficient (Wildman–Crippen LogP) is 2.32. The van der Waals surface area contributed by atoms with E-state index in [-0.39, 0.29) is 12.1 Å². The van der Waals surface area contributed by atoms with Crippen LogP contribution >= 0.6 is 0 Å². The molecule has 0 saturated heterocycles. The first-order chi connectivity index (χ1) is 7.72. The van der Waals surface area contributed by atoms with E-state index >= 15 is 0 Å². The van der Waals surface area contributed by atoms with Crippen LogP contribution in [-0.2, 0) is 20.9 Å². The predicted molar refractivity (Wildman–Crippen MR) is 61.8 cm³/mol. The van der Waals surface area contributed by atoms with Gasteiger partial charge in [0.25, 0.3) is 0 Å². The average Bonchev–Trinajstić information content (AvgIpc) is 2.34. The van der Waals surface area contributed by atoms with Crippen molar-refractivity contribution in [3.8, 4) is 0 Å². The lowest BCUT2D eigenvalue weighted by Crippen LogP contribution is -2.06. The molecule has 0 N–H and O–H groups in total. The average molecular weight is 220 g/mol. The Morgan fingerprint density at radius 1 is 1.38 bits per heavy atom. The summed E-state index contributed by atoms with van der Waals surface area (Å²) >= 11 is 0. The molecule has 0 amide bonds. The van der Waals surface area contributed by atoms with E-state index in [1.165, 1.54) is 13.2 Å². The first kappa shape index (κ1) is 12.5. The van der Waals surface area contributed by atoms with Crippen LogP contribution in [0.1, 0.15) is 12.5 Å². The Bertz CT molecular complexity index is 343. The van der Waals surface area contributed by atoms with Crippen LogP contribution in [0.25, 0.3) is 0 Å². The highest BCUT2D eigenvalue weighted by atomic mass is 16.5. The van der Waals surface area contributed by atoms with E-state index < -0.39 is 0 Å². The maximum Gasteiger partial charge on any atom is 0.330 e. The molecule has 0 aromatic heterocycles. The van der Waals surface area contributed by atoms with Crippen LogP contribution in [-0.4, -0.2) is 19.2 Å². The van der Waals surface area contributed by atoms with Crippen LogP contribution in [0.3, 0.4) is 0 Å². The second kappa shape index (κ2) is 6.80. The summed E-state index contributed by atoms with van der Waals surface area (Å²) in [5.41, 5.74) is 1.11. The number of hydrogen-bond donors (Lipinski definition) is 0. The van der Waals surface area contributed by atoms with Gasteiger partial charge in [0.05, 0.1) is 19.8 Å². The Morgan fingerprint density at radius 2 is 2.06 bits per heavy atom. The molecule has 16 heavy (non-hydrogen) atoms. The molecule has 0 aliphatic heterocycles. The summed E-state index contributed by atoms with van der Waals surface area (Å²) in [6.07, 6.45) is 2.93. The maximum absolute atomic E-state index is 10.8. The minimum absolute atomic E-state index is 0.112. The van der Waals surface area contributed by atoms with Gasteiger partial charge in [-0.3, -0.25) is 0 Å². The van der Waals surface area contributed by atoms with Gasteiger partial charge in [0.1, 0.15) is 0 Å². The Labute approximate surface area is 95.7 Å². The summed E-state index contributed by atoms with van der Waals surface area (Å²) in [5, 5.41) is 0. The quantitative estimate of drug-likeness (QED) is 0.564. The zero-order valence-corrected chi connectivity index (χ0v) is 9.55. The molecule has 0 aliphatic carbocycles. The van der Waals surface area contributed by atoms with Crippen molar-refractivity contribution in [3.05, 3.63) is 48.0 Å². The standard InChI is InChI=1S/C13H16O3/c1-11(8-9-13(14)15-2)16-10-12-6-4-3-5-7-12/h3-9,11H,10H2,1-2H3/b9-8-. The van der Waals surface area contributed by atoms with Gasteiger partial charge in [-0.1, -0.05) is 30.3 Å². The summed E-state index contributed by atoms with van der Waals surface area (Å²) in [6.45, 7) is 2.41. The molecule has 1 aromatic carbocycles. The third kappa shape index (κ3) is 4.75. The van der Waals surface area contributed by atoms with E-state index in [0.29, 0.717) is 6.61 Å². The first-order valence-electron chi connectivity index (χ1n) is 5.14. The van der Waals surface area contributed by atoms with Crippen molar-refractivity contribution in [2.75, 3.05) is 7.11 Å². The Kier molecular flexibility index (Phi) is 5.29. The third-order valence-corrected chi connectivity index (χ3v) is 2.06. The smallest absolute Gasteiger partial charge is 0.330 e. The lowest BCUT2D eigenvalue weighted by Gasteiger charge is -2.08. The Hall–Kier alpha value is -1.61. The van der Waals surface area contributed by atoms with Gasteiger partial charge in [-0.15, -0.1) is 0 Å². The van der Waals surface area contributed by atoms with Crippen LogP contribution in [0.4, 0.5) is 0 Å². The second-order valence-corrected chi connectivity index (χ2v) is 3.38. The molecule has 0 spiro atoms. The van der Waals surface area contributed by atoms with Crippen molar-refractivity contribution >= 4 is 5.97 Å². The molecule has 3 nitrogen and oxygen atoms in total. The molecule has 0 fully saturated rings. The van der Waals surface area contributed by atoms with Crippen LogP contribution in [0.15, 0.2) is 42.5 Å². The summed E-state index contributed by atoms with van der Waals surface area (Å²) < 4.78 is 10.0. The second-order valence-electron chi connectivity index (χ2n) is 3.38. The Balaban J connectivity index is 2.33. The normalized spacial score (nSPS) is 12.6. The zero-order chi connectivity index (χ0) is 11.8. The topological polar surface area (TPSA) is 35.5 Å². The van der Waals surface area contributed by atoms with Crippen LogP contribution in [0.5, 0.6) is 0 Å². The van der Waals surface area contributed by atoms with Crippen LogP contribution < -0.4 is 0 Å². The van der Waals surface area contributed by atoms with Gasteiger partial charge >= 0.3 is 5.97 Å². The number of rotatable bonds is 5. The molecule has 0 heterocycles. The van der Waals surface area contributed by atoms with E-state index in [2.05, 4.69) is 4.74 Å².